The molecule has 3 aliphatic rings. The summed E-state index contributed by atoms with van der Waals surface area (Å²) in [6.07, 6.45) is 7.77. The molecule has 0 aromatic rings. The highest BCUT2D eigenvalue weighted by atomic mass is 16.3. The molecule has 1 heterocycles. The van der Waals surface area contributed by atoms with Crippen molar-refractivity contribution in [3.63, 3.8) is 0 Å². The van der Waals surface area contributed by atoms with E-state index in [1.165, 1.54) is 38.6 Å². The van der Waals surface area contributed by atoms with Crippen LogP contribution >= 0.6 is 0 Å². The van der Waals surface area contributed by atoms with Crippen LogP contribution in [-0.2, 0) is 0 Å². The fourth-order valence-corrected chi connectivity index (χ4v) is 3.68. The van der Waals surface area contributed by atoms with Crippen molar-refractivity contribution in [2.24, 2.45) is 5.92 Å². The molecule has 0 aromatic carbocycles. The molecule has 3 rings (SSSR count). The molecule has 3 fully saturated rings. The van der Waals surface area contributed by atoms with Crippen molar-refractivity contribution in [3.05, 3.63) is 0 Å². The molecule has 74 valence electrons. The van der Waals surface area contributed by atoms with Crippen LogP contribution in [0.5, 0.6) is 0 Å². The largest absolute Gasteiger partial charge is 0.391 e. The molecule has 0 radical (unpaired) electrons. The monoisotopic (exact) mass is 181 g/mol. The van der Waals surface area contributed by atoms with E-state index in [9.17, 15) is 5.11 Å². The molecule has 0 spiro atoms. The van der Waals surface area contributed by atoms with Crippen LogP contribution in [0.4, 0.5) is 0 Å². The van der Waals surface area contributed by atoms with E-state index in [4.69, 9.17) is 0 Å². The predicted octanol–water partition coefficient (Wildman–Crippen LogP) is 1.38. The Bertz CT molecular complexity index is 206. The van der Waals surface area contributed by atoms with Gasteiger partial charge >= 0.3 is 0 Å². The minimum atomic E-state index is -0.0145. The second-order valence-electron chi connectivity index (χ2n) is 5.10. The number of aliphatic hydroxyl groups is 1. The SMILES string of the molecule is OC1CCCC1N1CC2CCC1C2. The van der Waals surface area contributed by atoms with Crippen molar-refractivity contribution in [2.75, 3.05) is 6.54 Å². The molecule has 1 N–H and O–H groups in total. The highest BCUT2D eigenvalue weighted by molar-refractivity contribution is 4.98. The second kappa shape index (κ2) is 2.96. The molecule has 2 nitrogen and oxygen atoms in total. The minimum absolute atomic E-state index is 0.0145. The Morgan fingerprint density at radius 2 is 2.00 bits per heavy atom. The third kappa shape index (κ3) is 1.23. The Hall–Kier alpha value is -0.0800. The van der Waals surface area contributed by atoms with Crippen LogP contribution in [-0.4, -0.2) is 34.7 Å². The van der Waals surface area contributed by atoms with E-state index >= 15 is 0 Å². The first-order valence-electron chi connectivity index (χ1n) is 5.78. The Kier molecular flexibility index (Phi) is 1.88. The zero-order valence-electron chi connectivity index (χ0n) is 8.15. The summed E-state index contributed by atoms with van der Waals surface area (Å²) in [5, 5.41) is 9.84. The lowest BCUT2D eigenvalue weighted by Gasteiger charge is -2.34. The van der Waals surface area contributed by atoms with Gasteiger partial charge in [-0.1, -0.05) is 0 Å². The van der Waals surface area contributed by atoms with Crippen LogP contribution in [0.15, 0.2) is 0 Å². The number of rotatable bonds is 1. The van der Waals surface area contributed by atoms with Gasteiger partial charge in [0.25, 0.3) is 0 Å². The number of nitrogens with zero attached hydrogens (tertiary/aromatic N) is 1. The first-order valence-corrected chi connectivity index (χ1v) is 5.78. The average Bonchev–Trinajstić information content (AvgIpc) is 2.77. The van der Waals surface area contributed by atoms with Crippen LogP contribution in [0.3, 0.4) is 0 Å². The number of hydrogen-bond acceptors (Lipinski definition) is 2. The zero-order chi connectivity index (χ0) is 8.84. The van der Waals surface area contributed by atoms with Gasteiger partial charge in [-0.05, 0) is 44.4 Å². The van der Waals surface area contributed by atoms with Gasteiger partial charge in [0.1, 0.15) is 0 Å². The molecular formula is C11H19NO. The normalized spacial score (nSPS) is 50.5. The number of hydrogen-bond donors (Lipinski definition) is 1. The van der Waals surface area contributed by atoms with Crippen molar-refractivity contribution in [2.45, 2.75) is 56.7 Å². The van der Waals surface area contributed by atoms with Gasteiger partial charge in [0.2, 0.25) is 0 Å². The Balaban J connectivity index is 1.72. The summed E-state index contributed by atoms with van der Waals surface area (Å²) >= 11 is 0. The van der Waals surface area contributed by atoms with Gasteiger partial charge in [-0.2, -0.15) is 0 Å². The molecule has 2 bridgehead atoms. The van der Waals surface area contributed by atoms with E-state index in [-0.39, 0.29) is 6.10 Å². The molecule has 13 heavy (non-hydrogen) atoms. The van der Waals surface area contributed by atoms with E-state index in [1.807, 2.05) is 0 Å². The van der Waals surface area contributed by atoms with Gasteiger partial charge < -0.3 is 5.11 Å². The maximum absolute atomic E-state index is 9.84. The number of piperidine rings is 1. The van der Waals surface area contributed by atoms with Crippen molar-refractivity contribution in [1.29, 1.82) is 0 Å². The van der Waals surface area contributed by atoms with Crippen LogP contribution in [0, 0.1) is 5.92 Å². The molecular weight excluding hydrogens is 162 g/mol. The van der Waals surface area contributed by atoms with Gasteiger partial charge in [0, 0.05) is 18.6 Å². The third-order valence-electron chi connectivity index (χ3n) is 4.32. The summed E-state index contributed by atoms with van der Waals surface area (Å²) in [6, 6.07) is 1.36. The topological polar surface area (TPSA) is 23.5 Å². The van der Waals surface area contributed by atoms with Crippen molar-refractivity contribution in [3.8, 4) is 0 Å². The Morgan fingerprint density at radius 1 is 1.08 bits per heavy atom. The minimum Gasteiger partial charge on any atom is -0.391 e. The van der Waals surface area contributed by atoms with Gasteiger partial charge in [-0.3, -0.25) is 4.90 Å². The smallest absolute Gasteiger partial charge is 0.0695 e. The maximum atomic E-state index is 9.84. The first-order chi connectivity index (χ1) is 6.34. The molecule has 0 amide bonds. The van der Waals surface area contributed by atoms with Crippen LogP contribution in [0.25, 0.3) is 0 Å². The van der Waals surface area contributed by atoms with E-state index < -0.39 is 0 Å². The first kappa shape index (κ1) is 8.25. The summed E-state index contributed by atoms with van der Waals surface area (Å²) in [5.74, 6) is 0.970. The van der Waals surface area contributed by atoms with E-state index in [0.29, 0.717) is 6.04 Å². The van der Waals surface area contributed by atoms with Gasteiger partial charge in [-0.25, -0.2) is 0 Å². The molecule has 1 aliphatic heterocycles. The standard InChI is InChI=1S/C11H19NO/c13-11-3-1-2-10(11)12-7-8-4-5-9(12)6-8/h8-11,13H,1-7H2. The van der Waals surface area contributed by atoms with Crippen LogP contribution in [0.2, 0.25) is 0 Å². The van der Waals surface area contributed by atoms with Gasteiger partial charge in [0.05, 0.1) is 6.10 Å². The maximum Gasteiger partial charge on any atom is 0.0695 e. The highest BCUT2D eigenvalue weighted by Crippen LogP contribution is 2.41. The quantitative estimate of drug-likeness (QED) is 0.660. The van der Waals surface area contributed by atoms with E-state index in [2.05, 4.69) is 4.90 Å². The Morgan fingerprint density at radius 3 is 2.54 bits per heavy atom. The molecule has 2 heteroatoms. The fourth-order valence-electron chi connectivity index (χ4n) is 3.68. The number of aliphatic hydroxyl groups excluding tert-OH is 1. The molecule has 4 unspecified atom stereocenters. The van der Waals surface area contributed by atoms with Crippen molar-refractivity contribution in [1.82, 2.24) is 4.90 Å². The number of fused-ring (bicyclic) bond motifs is 2. The average molecular weight is 181 g/mol. The molecule has 2 saturated carbocycles. The van der Waals surface area contributed by atoms with Crippen LogP contribution < -0.4 is 0 Å². The van der Waals surface area contributed by atoms with Crippen LogP contribution in [0.1, 0.15) is 38.5 Å². The second-order valence-corrected chi connectivity index (χ2v) is 5.10. The summed E-state index contributed by atoms with van der Waals surface area (Å²) in [4.78, 5) is 2.62. The zero-order valence-corrected chi connectivity index (χ0v) is 8.15. The molecule has 0 aromatic heterocycles. The summed E-state index contributed by atoms with van der Waals surface area (Å²) in [6.45, 7) is 1.28. The molecule has 1 saturated heterocycles. The summed E-state index contributed by atoms with van der Waals surface area (Å²) in [7, 11) is 0. The van der Waals surface area contributed by atoms with E-state index in [0.717, 1.165) is 18.4 Å². The highest BCUT2D eigenvalue weighted by Gasteiger charge is 2.43. The van der Waals surface area contributed by atoms with E-state index in [1.54, 1.807) is 0 Å². The summed E-state index contributed by atoms with van der Waals surface area (Å²) in [5.41, 5.74) is 0. The number of likely N-dealkylation sites (tertiary alicyclic amines) is 1. The fraction of sp³-hybridized carbons (Fsp3) is 1.00. The summed E-state index contributed by atoms with van der Waals surface area (Å²) < 4.78 is 0. The lowest BCUT2D eigenvalue weighted by molar-refractivity contribution is 0.0516. The van der Waals surface area contributed by atoms with Crippen molar-refractivity contribution >= 4 is 0 Å². The molecule has 4 atom stereocenters. The Labute approximate surface area is 79.9 Å². The van der Waals surface area contributed by atoms with Crippen molar-refractivity contribution < 1.29 is 5.11 Å². The van der Waals surface area contributed by atoms with Gasteiger partial charge in [0.15, 0.2) is 0 Å². The predicted molar refractivity (Wildman–Crippen MR) is 51.5 cm³/mol. The van der Waals surface area contributed by atoms with Gasteiger partial charge in [-0.15, -0.1) is 0 Å². The molecule has 2 aliphatic carbocycles. The lowest BCUT2D eigenvalue weighted by Crippen LogP contribution is -2.44. The lowest BCUT2D eigenvalue weighted by atomic mass is 10.1. The third-order valence-corrected chi connectivity index (χ3v) is 4.32.